The topological polar surface area (TPSA) is 84.5 Å². The van der Waals surface area contributed by atoms with Crippen LogP contribution in [-0.4, -0.2) is 24.4 Å². The summed E-state index contributed by atoms with van der Waals surface area (Å²) in [5.41, 5.74) is 1.71. The zero-order valence-electron chi connectivity index (χ0n) is 16.1. The number of rotatable bonds is 6. The first-order valence-corrected chi connectivity index (χ1v) is 9.12. The highest BCUT2D eigenvalue weighted by atomic mass is 19.1. The third-order valence-electron chi connectivity index (χ3n) is 4.16. The average molecular weight is 406 g/mol. The van der Waals surface area contributed by atoms with Crippen LogP contribution in [0.5, 0.6) is 0 Å². The molecular formula is C23H19FN2O4. The van der Waals surface area contributed by atoms with Crippen LogP contribution < -0.4 is 10.6 Å². The summed E-state index contributed by atoms with van der Waals surface area (Å²) >= 11 is 0. The van der Waals surface area contributed by atoms with Gasteiger partial charge in [0.2, 0.25) is 0 Å². The smallest absolute Gasteiger partial charge is 0.340 e. The molecule has 0 saturated heterocycles. The molecule has 0 aliphatic rings. The number of halogens is 1. The second-order valence-corrected chi connectivity index (χ2v) is 6.47. The summed E-state index contributed by atoms with van der Waals surface area (Å²) in [6.07, 6.45) is 0. The largest absolute Gasteiger partial charge is 0.452 e. The molecular weight excluding hydrogens is 387 g/mol. The van der Waals surface area contributed by atoms with Gasteiger partial charge in [-0.3, -0.25) is 9.59 Å². The van der Waals surface area contributed by atoms with Crippen molar-refractivity contribution in [1.82, 2.24) is 0 Å². The number of nitrogens with one attached hydrogen (secondary N) is 2. The van der Waals surface area contributed by atoms with Crippen LogP contribution in [0.1, 0.15) is 26.3 Å². The average Bonchev–Trinajstić information content (AvgIpc) is 2.74. The van der Waals surface area contributed by atoms with Crippen LogP contribution in [0, 0.1) is 12.7 Å². The molecule has 0 bridgehead atoms. The van der Waals surface area contributed by atoms with Gasteiger partial charge in [0.25, 0.3) is 11.8 Å². The fourth-order valence-electron chi connectivity index (χ4n) is 2.71. The van der Waals surface area contributed by atoms with E-state index in [0.29, 0.717) is 5.56 Å². The van der Waals surface area contributed by atoms with Crippen molar-refractivity contribution in [2.24, 2.45) is 0 Å². The fraction of sp³-hybridized carbons (Fsp3) is 0.0870. The minimum atomic E-state index is -0.793. The van der Waals surface area contributed by atoms with Gasteiger partial charge in [0, 0.05) is 5.56 Å². The molecule has 0 aromatic heterocycles. The molecule has 3 rings (SSSR count). The van der Waals surface area contributed by atoms with Crippen LogP contribution in [0.25, 0.3) is 0 Å². The zero-order valence-corrected chi connectivity index (χ0v) is 16.1. The highest BCUT2D eigenvalue weighted by Crippen LogP contribution is 2.18. The Morgan fingerprint density at radius 3 is 2.30 bits per heavy atom. The molecule has 6 nitrogen and oxygen atoms in total. The quantitative estimate of drug-likeness (QED) is 0.602. The fourth-order valence-corrected chi connectivity index (χ4v) is 2.71. The van der Waals surface area contributed by atoms with Gasteiger partial charge >= 0.3 is 5.97 Å². The highest BCUT2D eigenvalue weighted by molar-refractivity contribution is 6.08. The number of carbonyl (C=O) groups excluding carboxylic acids is 3. The maximum atomic E-state index is 13.6. The zero-order chi connectivity index (χ0) is 21.5. The van der Waals surface area contributed by atoms with Crippen LogP contribution in [-0.2, 0) is 9.53 Å². The Labute approximate surface area is 172 Å². The van der Waals surface area contributed by atoms with Crippen molar-refractivity contribution in [3.63, 3.8) is 0 Å². The Balaban J connectivity index is 1.64. The van der Waals surface area contributed by atoms with E-state index in [1.807, 2.05) is 13.0 Å². The van der Waals surface area contributed by atoms with E-state index in [1.54, 1.807) is 42.5 Å². The molecule has 0 atom stereocenters. The maximum Gasteiger partial charge on any atom is 0.340 e. The first-order valence-electron chi connectivity index (χ1n) is 9.12. The third kappa shape index (κ3) is 5.29. The summed E-state index contributed by atoms with van der Waals surface area (Å²) < 4.78 is 18.6. The van der Waals surface area contributed by atoms with E-state index in [4.69, 9.17) is 4.74 Å². The summed E-state index contributed by atoms with van der Waals surface area (Å²) in [4.78, 5) is 36.9. The molecule has 0 spiro atoms. The van der Waals surface area contributed by atoms with Gasteiger partial charge in [-0.2, -0.15) is 0 Å². The van der Waals surface area contributed by atoms with Crippen LogP contribution in [0.3, 0.4) is 0 Å². The van der Waals surface area contributed by atoms with E-state index in [-0.39, 0.29) is 22.8 Å². The van der Waals surface area contributed by atoms with Crippen LogP contribution >= 0.6 is 0 Å². The van der Waals surface area contributed by atoms with Gasteiger partial charge in [0.05, 0.1) is 16.9 Å². The summed E-state index contributed by atoms with van der Waals surface area (Å²) in [6, 6.07) is 19.0. The SMILES string of the molecule is Cc1cccc(C(=O)Nc2ccccc2C(=O)OCC(=O)Nc2ccccc2F)c1. The maximum absolute atomic E-state index is 13.6. The van der Waals surface area contributed by atoms with E-state index < -0.39 is 24.3 Å². The number of carbonyl (C=O) groups is 3. The Morgan fingerprint density at radius 1 is 0.867 bits per heavy atom. The molecule has 3 aromatic rings. The molecule has 0 aliphatic heterocycles. The van der Waals surface area contributed by atoms with Gasteiger partial charge in [-0.25, -0.2) is 9.18 Å². The Bertz CT molecular complexity index is 1100. The van der Waals surface area contributed by atoms with Gasteiger partial charge in [-0.15, -0.1) is 0 Å². The summed E-state index contributed by atoms with van der Waals surface area (Å²) in [7, 11) is 0. The van der Waals surface area contributed by atoms with Crippen LogP contribution in [0.2, 0.25) is 0 Å². The van der Waals surface area contributed by atoms with E-state index >= 15 is 0 Å². The van der Waals surface area contributed by atoms with E-state index in [9.17, 15) is 18.8 Å². The number of benzene rings is 3. The summed E-state index contributed by atoms with van der Waals surface area (Å²) in [5.74, 6) is -2.45. The molecule has 0 heterocycles. The standard InChI is InChI=1S/C23H19FN2O4/c1-15-7-6-8-16(13-15)22(28)26-19-11-4-2-9-17(19)23(29)30-14-21(27)25-20-12-5-3-10-18(20)24/h2-13H,14H2,1H3,(H,25,27)(H,26,28). The minimum absolute atomic E-state index is 0.00985. The van der Waals surface area contributed by atoms with Crippen LogP contribution in [0.4, 0.5) is 15.8 Å². The van der Waals surface area contributed by atoms with Crippen molar-refractivity contribution in [2.45, 2.75) is 6.92 Å². The first-order chi connectivity index (χ1) is 14.4. The Hall–Kier alpha value is -4.00. The molecule has 0 aliphatic carbocycles. The lowest BCUT2D eigenvalue weighted by molar-refractivity contribution is -0.119. The summed E-state index contributed by atoms with van der Waals surface area (Å²) in [6.45, 7) is 1.27. The van der Waals surface area contributed by atoms with E-state index in [1.165, 1.54) is 24.3 Å². The summed E-state index contributed by atoms with van der Waals surface area (Å²) in [5, 5.41) is 5.01. The Kier molecular flexibility index (Phi) is 6.54. The number of ether oxygens (including phenoxy) is 1. The van der Waals surface area contributed by atoms with E-state index in [0.717, 1.165) is 5.56 Å². The van der Waals surface area contributed by atoms with Crippen molar-refractivity contribution in [2.75, 3.05) is 17.2 Å². The molecule has 0 fully saturated rings. The normalized spacial score (nSPS) is 10.2. The second-order valence-electron chi connectivity index (χ2n) is 6.47. The number of anilines is 2. The third-order valence-corrected chi connectivity index (χ3v) is 4.16. The van der Waals surface area contributed by atoms with Gasteiger partial charge in [0.1, 0.15) is 5.82 Å². The number of aryl methyl sites for hydroxylation is 1. The molecule has 3 aromatic carbocycles. The minimum Gasteiger partial charge on any atom is -0.452 e. The number of amides is 2. The molecule has 0 unspecified atom stereocenters. The molecule has 0 saturated carbocycles. The predicted octanol–water partition coefficient (Wildman–Crippen LogP) is 4.18. The van der Waals surface area contributed by atoms with E-state index in [2.05, 4.69) is 10.6 Å². The van der Waals surface area contributed by atoms with Crippen molar-refractivity contribution in [3.05, 3.63) is 95.3 Å². The van der Waals surface area contributed by atoms with Crippen molar-refractivity contribution in [1.29, 1.82) is 0 Å². The van der Waals surface area contributed by atoms with Crippen molar-refractivity contribution >= 4 is 29.2 Å². The van der Waals surface area contributed by atoms with Crippen molar-refractivity contribution < 1.29 is 23.5 Å². The lowest BCUT2D eigenvalue weighted by atomic mass is 10.1. The second kappa shape index (κ2) is 9.47. The molecule has 0 radical (unpaired) electrons. The molecule has 2 amide bonds. The molecule has 30 heavy (non-hydrogen) atoms. The molecule has 2 N–H and O–H groups in total. The van der Waals surface area contributed by atoms with Crippen molar-refractivity contribution in [3.8, 4) is 0 Å². The number of hydrogen-bond acceptors (Lipinski definition) is 4. The predicted molar refractivity (Wildman–Crippen MR) is 111 cm³/mol. The van der Waals surface area contributed by atoms with Gasteiger partial charge < -0.3 is 15.4 Å². The number of esters is 1. The lowest BCUT2D eigenvalue weighted by Gasteiger charge is -2.11. The highest BCUT2D eigenvalue weighted by Gasteiger charge is 2.17. The first kappa shape index (κ1) is 20.7. The van der Waals surface area contributed by atoms with Gasteiger partial charge in [-0.05, 0) is 43.3 Å². The molecule has 152 valence electrons. The molecule has 7 heteroatoms. The monoisotopic (exact) mass is 406 g/mol. The number of para-hydroxylation sites is 2. The van der Waals surface area contributed by atoms with Gasteiger partial charge in [0.15, 0.2) is 6.61 Å². The van der Waals surface area contributed by atoms with Gasteiger partial charge in [-0.1, -0.05) is 42.0 Å². The lowest BCUT2D eigenvalue weighted by Crippen LogP contribution is -2.22. The Morgan fingerprint density at radius 2 is 1.57 bits per heavy atom. The number of hydrogen-bond donors (Lipinski definition) is 2. The van der Waals surface area contributed by atoms with Crippen LogP contribution in [0.15, 0.2) is 72.8 Å².